The number of nitrogens with zero attached hydrogens (tertiary/aromatic N) is 1. The fourth-order valence-corrected chi connectivity index (χ4v) is 4.14. The van der Waals surface area contributed by atoms with Crippen LogP contribution in [0.2, 0.25) is 0 Å². The van der Waals surface area contributed by atoms with E-state index in [1.807, 2.05) is 27.7 Å². The predicted molar refractivity (Wildman–Crippen MR) is 127 cm³/mol. The molecule has 0 spiro atoms. The van der Waals surface area contributed by atoms with Crippen LogP contribution in [-0.4, -0.2) is 43.2 Å². The van der Waals surface area contributed by atoms with Gasteiger partial charge >= 0.3 is 19.6 Å². The number of benzene rings is 1. The molecule has 1 aromatic carbocycles. The van der Waals surface area contributed by atoms with Gasteiger partial charge in [0.25, 0.3) is 5.69 Å². The van der Waals surface area contributed by atoms with Gasteiger partial charge in [-0.05, 0) is 24.0 Å². The minimum atomic E-state index is -3.98. The highest BCUT2D eigenvalue weighted by molar-refractivity contribution is 7.55. The maximum atomic E-state index is 13.3. The first-order valence-electron chi connectivity index (χ1n) is 11.5. The molecule has 11 nitrogen and oxygen atoms in total. The second kappa shape index (κ2) is 15.4. The van der Waals surface area contributed by atoms with Gasteiger partial charge in [-0.1, -0.05) is 53.4 Å². The van der Waals surface area contributed by atoms with Gasteiger partial charge in [-0.25, -0.2) is 14.7 Å². The van der Waals surface area contributed by atoms with Crippen LogP contribution in [-0.2, 0) is 23.6 Å². The number of hydrogen-bond acceptors (Lipinski definition) is 8. The lowest BCUT2D eigenvalue weighted by Crippen LogP contribution is -2.34. The predicted octanol–water partition coefficient (Wildman–Crippen LogP) is 4.22. The molecule has 1 aromatic rings. The molecule has 0 aromatic heterocycles. The average molecular weight is 502 g/mol. The summed E-state index contributed by atoms with van der Waals surface area (Å²) in [7, 11) is -3.98. The van der Waals surface area contributed by atoms with Crippen molar-refractivity contribution in [2.75, 3.05) is 26.3 Å². The van der Waals surface area contributed by atoms with Gasteiger partial charge in [0.15, 0.2) is 0 Å². The number of carbonyl (C=O) groups excluding carboxylic acids is 2. The first-order chi connectivity index (χ1) is 16.2. The molecule has 12 heteroatoms. The lowest BCUT2D eigenvalue weighted by molar-refractivity contribution is -0.384. The van der Waals surface area contributed by atoms with Crippen LogP contribution in [0.15, 0.2) is 24.3 Å². The van der Waals surface area contributed by atoms with Crippen molar-refractivity contribution in [3.8, 4) is 5.75 Å². The summed E-state index contributed by atoms with van der Waals surface area (Å²) in [6.07, 6.45) is 3.44. The lowest BCUT2D eigenvalue weighted by Gasteiger charge is -2.21. The third-order valence-corrected chi connectivity index (χ3v) is 7.03. The largest absolute Gasteiger partial charge is 0.464 e. The molecule has 0 fully saturated rings. The number of hydrogen-bond donors (Lipinski definition) is 2. The number of non-ortho nitro benzene ring substituents is 1. The first-order valence-corrected chi connectivity index (χ1v) is 13.1. The van der Waals surface area contributed by atoms with Crippen LogP contribution in [0.4, 0.5) is 5.69 Å². The van der Waals surface area contributed by atoms with Crippen molar-refractivity contribution in [2.45, 2.75) is 53.4 Å². The summed E-state index contributed by atoms with van der Waals surface area (Å²) in [6, 6.07) is 4.91. The fourth-order valence-electron chi connectivity index (χ4n) is 2.81. The molecule has 0 amide bonds. The zero-order valence-electron chi connectivity index (χ0n) is 20.3. The molecule has 34 heavy (non-hydrogen) atoms. The number of esters is 2. The van der Waals surface area contributed by atoms with Crippen LogP contribution >= 0.6 is 7.67 Å². The Hall–Kier alpha value is -2.49. The minimum Gasteiger partial charge on any atom is -0.464 e. The van der Waals surface area contributed by atoms with E-state index < -0.39 is 37.6 Å². The Morgan fingerprint density at radius 3 is 1.65 bits per heavy atom. The number of nitro benzene ring substituents is 1. The number of nitro groups is 1. The van der Waals surface area contributed by atoms with Crippen molar-refractivity contribution < 1.29 is 33.1 Å². The van der Waals surface area contributed by atoms with E-state index in [2.05, 4.69) is 10.2 Å². The maximum absolute atomic E-state index is 13.3. The maximum Gasteiger partial charge on any atom is 0.391 e. The summed E-state index contributed by atoms with van der Waals surface area (Å²) in [5.74, 6) is -0.745. The SMILES string of the molecule is CCC(CC)COC(=O)CNP(=O)(NCC(=O)OCC(CC)CC)Oc1ccc([N+](=O)[O-])cc1. The molecule has 0 bridgehead atoms. The Morgan fingerprint density at radius 1 is 0.882 bits per heavy atom. The molecule has 0 saturated heterocycles. The smallest absolute Gasteiger partial charge is 0.391 e. The third kappa shape index (κ3) is 11.1. The molecule has 2 N–H and O–H groups in total. The molecule has 0 saturated carbocycles. The normalized spacial score (nSPS) is 11.5. The van der Waals surface area contributed by atoms with Gasteiger partial charge < -0.3 is 14.0 Å². The van der Waals surface area contributed by atoms with E-state index in [0.717, 1.165) is 25.7 Å². The van der Waals surface area contributed by atoms with Gasteiger partial charge in [0.05, 0.1) is 18.1 Å². The van der Waals surface area contributed by atoms with Gasteiger partial charge in [-0.15, -0.1) is 0 Å². The Morgan fingerprint density at radius 2 is 1.29 bits per heavy atom. The molecular formula is C22H36N3O8P. The first kappa shape index (κ1) is 29.5. The molecule has 0 unspecified atom stereocenters. The van der Waals surface area contributed by atoms with E-state index in [-0.39, 0.29) is 36.5 Å². The second-order valence-corrected chi connectivity index (χ2v) is 9.71. The fraction of sp³-hybridized carbons (Fsp3) is 0.636. The standard InChI is InChI=1S/C22H36N3O8P/c1-5-17(6-2)15-31-21(26)13-23-34(30,24-14-22(27)32-16-18(7-3)8-4)33-20-11-9-19(10-12-20)25(28)29/h9-12,17-18H,5-8,13-16H2,1-4H3,(H2,23,24,30). The molecule has 192 valence electrons. The Labute approximate surface area is 200 Å². The third-order valence-electron chi connectivity index (χ3n) is 5.41. The summed E-state index contributed by atoms with van der Waals surface area (Å²) in [5.41, 5.74) is -0.168. The van der Waals surface area contributed by atoms with Gasteiger partial charge in [-0.3, -0.25) is 19.7 Å². The van der Waals surface area contributed by atoms with Gasteiger partial charge in [0, 0.05) is 12.1 Å². The Kier molecular flexibility index (Phi) is 13.4. The summed E-state index contributed by atoms with van der Waals surface area (Å²) in [6.45, 7) is 7.63. The van der Waals surface area contributed by atoms with Crippen LogP contribution in [0.5, 0.6) is 5.75 Å². The topological polar surface area (TPSA) is 146 Å². The van der Waals surface area contributed by atoms with E-state index >= 15 is 0 Å². The molecule has 0 radical (unpaired) electrons. The number of ether oxygens (including phenoxy) is 2. The molecule has 0 heterocycles. The van der Waals surface area contributed by atoms with Crippen molar-refractivity contribution in [1.82, 2.24) is 10.2 Å². The highest BCUT2D eigenvalue weighted by Gasteiger charge is 2.27. The van der Waals surface area contributed by atoms with Crippen LogP contribution in [0.25, 0.3) is 0 Å². The van der Waals surface area contributed by atoms with Gasteiger partial charge in [0.1, 0.15) is 18.8 Å². The average Bonchev–Trinajstić information content (AvgIpc) is 2.83. The van der Waals surface area contributed by atoms with E-state index in [9.17, 15) is 24.3 Å². The van der Waals surface area contributed by atoms with E-state index in [4.69, 9.17) is 14.0 Å². The van der Waals surface area contributed by atoms with Crippen molar-refractivity contribution >= 4 is 25.3 Å². The van der Waals surface area contributed by atoms with Crippen LogP contribution < -0.4 is 14.7 Å². The highest BCUT2D eigenvalue weighted by atomic mass is 31.2. The highest BCUT2D eigenvalue weighted by Crippen LogP contribution is 2.38. The van der Waals surface area contributed by atoms with E-state index in [0.29, 0.717) is 0 Å². The zero-order valence-corrected chi connectivity index (χ0v) is 21.2. The van der Waals surface area contributed by atoms with Crippen molar-refractivity contribution in [2.24, 2.45) is 11.8 Å². The van der Waals surface area contributed by atoms with Crippen molar-refractivity contribution in [3.05, 3.63) is 34.4 Å². The van der Waals surface area contributed by atoms with Gasteiger partial charge in [-0.2, -0.15) is 0 Å². The quantitative estimate of drug-likeness (QED) is 0.138. The molecule has 0 aliphatic heterocycles. The Balaban J connectivity index is 2.80. The van der Waals surface area contributed by atoms with Crippen molar-refractivity contribution in [3.63, 3.8) is 0 Å². The molecule has 0 atom stereocenters. The Bertz CT molecular complexity index is 790. The summed E-state index contributed by atoms with van der Waals surface area (Å²) >= 11 is 0. The molecule has 1 rings (SSSR count). The summed E-state index contributed by atoms with van der Waals surface area (Å²) < 4.78 is 29.2. The van der Waals surface area contributed by atoms with Crippen LogP contribution in [0.1, 0.15) is 53.4 Å². The van der Waals surface area contributed by atoms with Crippen LogP contribution in [0, 0.1) is 22.0 Å². The summed E-state index contributed by atoms with van der Waals surface area (Å²) in [5, 5.41) is 15.8. The minimum absolute atomic E-state index is 0.0460. The monoisotopic (exact) mass is 501 g/mol. The summed E-state index contributed by atoms with van der Waals surface area (Å²) in [4.78, 5) is 34.5. The molecular weight excluding hydrogens is 465 g/mol. The number of carbonyl (C=O) groups is 2. The molecule has 0 aliphatic carbocycles. The number of nitrogens with one attached hydrogen (secondary N) is 2. The van der Waals surface area contributed by atoms with E-state index in [1.165, 1.54) is 24.3 Å². The van der Waals surface area contributed by atoms with Gasteiger partial charge in [0.2, 0.25) is 0 Å². The van der Waals surface area contributed by atoms with Crippen molar-refractivity contribution in [1.29, 1.82) is 0 Å². The lowest BCUT2D eigenvalue weighted by atomic mass is 10.1. The van der Waals surface area contributed by atoms with Crippen LogP contribution in [0.3, 0.4) is 0 Å². The zero-order chi connectivity index (χ0) is 25.6. The number of rotatable bonds is 17. The molecule has 0 aliphatic rings. The van der Waals surface area contributed by atoms with E-state index in [1.54, 1.807) is 0 Å². The second-order valence-electron chi connectivity index (χ2n) is 7.79.